The van der Waals surface area contributed by atoms with Crippen LogP contribution in [0.15, 0.2) is 0 Å². The lowest BCUT2D eigenvalue weighted by atomic mass is 9.96. The summed E-state index contributed by atoms with van der Waals surface area (Å²) in [7, 11) is 4.13. The van der Waals surface area contributed by atoms with Crippen molar-refractivity contribution in [3.05, 3.63) is 0 Å². The van der Waals surface area contributed by atoms with Crippen LogP contribution in [-0.2, 0) is 9.53 Å². The summed E-state index contributed by atoms with van der Waals surface area (Å²) < 4.78 is 5.15. The van der Waals surface area contributed by atoms with Gasteiger partial charge in [-0.3, -0.25) is 0 Å². The molecule has 0 aromatic heterocycles. The predicted molar refractivity (Wildman–Crippen MR) is 77.2 cm³/mol. The number of piperidine rings is 1. The van der Waals surface area contributed by atoms with E-state index in [0.717, 1.165) is 32.5 Å². The first-order chi connectivity index (χ1) is 9.97. The number of rotatable bonds is 3. The van der Waals surface area contributed by atoms with Gasteiger partial charge in [-0.25, -0.2) is 9.59 Å². The zero-order chi connectivity index (χ0) is 15.4. The lowest BCUT2D eigenvalue weighted by Crippen LogP contribution is -2.54. The van der Waals surface area contributed by atoms with Gasteiger partial charge in [-0.2, -0.15) is 0 Å². The fourth-order valence-corrected chi connectivity index (χ4v) is 3.00. The molecule has 2 amide bonds. The molecule has 1 atom stereocenters. The molecule has 0 bridgehead atoms. The zero-order valence-corrected chi connectivity index (χ0v) is 12.8. The van der Waals surface area contributed by atoms with Crippen LogP contribution in [0, 0.1) is 5.92 Å². The molecular formula is C14H25N3O4. The highest BCUT2D eigenvalue weighted by Gasteiger charge is 2.32. The Morgan fingerprint density at radius 3 is 2.43 bits per heavy atom. The minimum absolute atomic E-state index is 0.0483. The van der Waals surface area contributed by atoms with Gasteiger partial charge in [0.25, 0.3) is 0 Å². The van der Waals surface area contributed by atoms with Crippen molar-refractivity contribution in [2.24, 2.45) is 5.92 Å². The Labute approximate surface area is 125 Å². The van der Waals surface area contributed by atoms with E-state index in [1.807, 2.05) is 4.90 Å². The Kier molecular flexibility index (Phi) is 5.41. The van der Waals surface area contributed by atoms with Crippen molar-refractivity contribution >= 4 is 12.0 Å². The third-order valence-corrected chi connectivity index (χ3v) is 4.12. The van der Waals surface area contributed by atoms with Crippen molar-refractivity contribution in [3.8, 4) is 0 Å². The predicted octanol–water partition coefficient (Wildman–Crippen LogP) is 0.165. The van der Waals surface area contributed by atoms with Gasteiger partial charge >= 0.3 is 12.0 Å². The van der Waals surface area contributed by atoms with E-state index in [0.29, 0.717) is 19.1 Å². The van der Waals surface area contributed by atoms with Crippen LogP contribution in [0.5, 0.6) is 0 Å². The molecule has 2 fully saturated rings. The van der Waals surface area contributed by atoms with Crippen LogP contribution in [0.1, 0.15) is 12.8 Å². The number of carbonyl (C=O) groups excluding carboxylic acids is 1. The average molecular weight is 299 g/mol. The second-order valence-corrected chi connectivity index (χ2v) is 6.12. The number of amides is 2. The fraction of sp³-hybridized carbons (Fsp3) is 0.857. The largest absolute Gasteiger partial charge is 0.479 e. The third kappa shape index (κ3) is 4.31. The number of carbonyl (C=O) groups is 2. The maximum absolute atomic E-state index is 12.4. The first-order valence-electron chi connectivity index (χ1n) is 7.50. The normalized spacial score (nSPS) is 24.4. The van der Waals surface area contributed by atoms with Crippen LogP contribution < -0.4 is 0 Å². The molecule has 2 rings (SSSR count). The number of hydrogen-bond acceptors (Lipinski definition) is 4. The highest BCUT2D eigenvalue weighted by atomic mass is 16.5. The summed E-state index contributed by atoms with van der Waals surface area (Å²) in [5.41, 5.74) is 0. The molecule has 2 saturated heterocycles. The van der Waals surface area contributed by atoms with Crippen molar-refractivity contribution in [1.82, 2.24) is 14.7 Å². The van der Waals surface area contributed by atoms with E-state index < -0.39 is 12.1 Å². The van der Waals surface area contributed by atoms with Crippen molar-refractivity contribution in [3.63, 3.8) is 0 Å². The quantitative estimate of drug-likeness (QED) is 0.804. The molecule has 0 spiro atoms. The third-order valence-electron chi connectivity index (χ3n) is 4.12. The van der Waals surface area contributed by atoms with Gasteiger partial charge in [-0.05, 0) is 32.9 Å². The van der Waals surface area contributed by atoms with Crippen molar-refractivity contribution < 1.29 is 19.4 Å². The molecule has 0 aromatic carbocycles. The summed E-state index contributed by atoms with van der Waals surface area (Å²) in [4.78, 5) is 29.0. The molecule has 0 aromatic rings. The molecule has 21 heavy (non-hydrogen) atoms. The number of hydrogen-bond donors (Lipinski definition) is 1. The van der Waals surface area contributed by atoms with Gasteiger partial charge in [0.2, 0.25) is 0 Å². The molecule has 1 unspecified atom stereocenters. The Balaban J connectivity index is 1.82. The molecule has 0 saturated carbocycles. The molecule has 7 heteroatoms. The van der Waals surface area contributed by atoms with Gasteiger partial charge in [0.05, 0.1) is 13.2 Å². The highest BCUT2D eigenvalue weighted by Crippen LogP contribution is 2.19. The van der Waals surface area contributed by atoms with E-state index in [4.69, 9.17) is 9.84 Å². The number of morpholine rings is 1. The second-order valence-electron chi connectivity index (χ2n) is 6.12. The summed E-state index contributed by atoms with van der Waals surface area (Å²) in [5.74, 6) is -0.363. The van der Waals surface area contributed by atoms with Crippen LogP contribution in [0.4, 0.5) is 4.79 Å². The topological polar surface area (TPSA) is 73.3 Å². The Hall–Kier alpha value is -1.34. The van der Waals surface area contributed by atoms with Gasteiger partial charge in [-0.1, -0.05) is 0 Å². The Morgan fingerprint density at radius 1 is 1.19 bits per heavy atom. The molecule has 120 valence electrons. The van der Waals surface area contributed by atoms with Crippen LogP contribution in [0.25, 0.3) is 0 Å². The first-order valence-corrected chi connectivity index (χ1v) is 7.50. The standard InChI is InChI=1S/C14H25N3O4/c1-15(2)9-11-3-5-16(6-4-11)14(20)17-7-8-21-12(10-17)13(18)19/h11-12H,3-10H2,1-2H3,(H,18,19). The van der Waals surface area contributed by atoms with Crippen molar-refractivity contribution in [1.29, 1.82) is 0 Å². The van der Waals surface area contributed by atoms with Gasteiger partial charge in [-0.15, -0.1) is 0 Å². The number of carboxylic acids is 1. The molecule has 2 heterocycles. The summed E-state index contributed by atoms with van der Waals surface area (Å²) in [6, 6.07) is -0.0483. The van der Waals surface area contributed by atoms with E-state index in [2.05, 4.69) is 19.0 Å². The van der Waals surface area contributed by atoms with Crippen molar-refractivity contribution in [2.45, 2.75) is 18.9 Å². The van der Waals surface area contributed by atoms with Crippen LogP contribution in [0.2, 0.25) is 0 Å². The second kappa shape index (κ2) is 7.09. The summed E-state index contributed by atoms with van der Waals surface area (Å²) in [5, 5.41) is 8.99. The van der Waals surface area contributed by atoms with Crippen LogP contribution in [-0.4, -0.2) is 91.3 Å². The Bertz CT molecular complexity index is 380. The number of nitrogens with zero attached hydrogens (tertiary/aromatic N) is 3. The molecule has 7 nitrogen and oxygen atoms in total. The molecule has 2 aliphatic heterocycles. The molecule has 2 aliphatic rings. The van der Waals surface area contributed by atoms with Gasteiger partial charge < -0.3 is 24.5 Å². The fourth-order valence-electron chi connectivity index (χ4n) is 3.00. The summed E-state index contributed by atoms with van der Waals surface area (Å²) in [6.45, 7) is 3.48. The van der Waals surface area contributed by atoms with E-state index in [-0.39, 0.29) is 12.6 Å². The Morgan fingerprint density at radius 2 is 1.86 bits per heavy atom. The van der Waals surface area contributed by atoms with E-state index in [1.54, 1.807) is 4.90 Å². The molecule has 1 N–H and O–H groups in total. The van der Waals surface area contributed by atoms with E-state index >= 15 is 0 Å². The minimum atomic E-state index is -1.00. The van der Waals surface area contributed by atoms with Gasteiger partial charge in [0, 0.05) is 26.2 Å². The average Bonchev–Trinajstić information content (AvgIpc) is 2.47. The number of carboxylic acid groups (broad SMARTS) is 1. The number of likely N-dealkylation sites (tertiary alicyclic amines) is 1. The van der Waals surface area contributed by atoms with Crippen LogP contribution >= 0.6 is 0 Å². The summed E-state index contributed by atoms with van der Waals surface area (Å²) in [6.07, 6.45) is 1.13. The first kappa shape index (κ1) is 16.0. The minimum Gasteiger partial charge on any atom is -0.479 e. The van der Waals surface area contributed by atoms with Gasteiger partial charge in [0.15, 0.2) is 6.10 Å². The molecule has 0 aliphatic carbocycles. The maximum atomic E-state index is 12.4. The van der Waals surface area contributed by atoms with E-state index in [9.17, 15) is 9.59 Å². The number of ether oxygens (including phenoxy) is 1. The number of aliphatic carboxylic acids is 1. The molecule has 0 radical (unpaired) electrons. The number of urea groups is 1. The van der Waals surface area contributed by atoms with E-state index in [1.165, 1.54) is 0 Å². The van der Waals surface area contributed by atoms with Gasteiger partial charge in [0.1, 0.15) is 0 Å². The smallest absolute Gasteiger partial charge is 0.334 e. The SMILES string of the molecule is CN(C)CC1CCN(C(=O)N2CCOC(C(=O)O)C2)CC1. The van der Waals surface area contributed by atoms with Crippen molar-refractivity contribution in [2.75, 3.05) is 53.4 Å². The summed E-state index contributed by atoms with van der Waals surface area (Å²) >= 11 is 0. The lowest BCUT2D eigenvalue weighted by Gasteiger charge is -2.38. The highest BCUT2D eigenvalue weighted by molar-refractivity contribution is 5.77. The maximum Gasteiger partial charge on any atom is 0.334 e. The zero-order valence-electron chi connectivity index (χ0n) is 12.8. The van der Waals surface area contributed by atoms with Crippen LogP contribution in [0.3, 0.4) is 0 Å². The monoisotopic (exact) mass is 299 g/mol. The lowest BCUT2D eigenvalue weighted by molar-refractivity contribution is -0.154. The molecular weight excluding hydrogens is 274 g/mol.